The lowest BCUT2D eigenvalue weighted by Gasteiger charge is -2.39. The third kappa shape index (κ3) is 3.94. The number of methoxy groups -OCH3 is 1. The molecule has 2 saturated heterocycles. The van der Waals surface area contributed by atoms with Gasteiger partial charge in [-0.2, -0.15) is 0 Å². The minimum absolute atomic E-state index is 0.0276. The molecule has 4 rings (SSSR count). The molecule has 0 bridgehead atoms. The number of amides is 1. The van der Waals surface area contributed by atoms with Gasteiger partial charge < -0.3 is 9.64 Å². The number of likely N-dealkylation sites (tertiary alicyclic amines) is 2. The lowest BCUT2D eigenvalue weighted by Crippen LogP contribution is -2.44. The number of ether oxygens (including phenoxy) is 1. The van der Waals surface area contributed by atoms with Crippen molar-refractivity contribution in [3.8, 4) is 0 Å². The topological polar surface area (TPSA) is 71.5 Å². The van der Waals surface area contributed by atoms with Crippen LogP contribution in [0.15, 0.2) is 24.5 Å². The van der Waals surface area contributed by atoms with Crippen LogP contribution in [0.4, 0.5) is 0 Å². The van der Waals surface area contributed by atoms with Crippen LogP contribution in [0.2, 0.25) is 0 Å². The number of nitrogens with zero attached hydrogens (tertiary/aromatic N) is 5. The van der Waals surface area contributed by atoms with Crippen molar-refractivity contribution in [1.82, 2.24) is 24.4 Å². The zero-order valence-corrected chi connectivity index (χ0v) is 17.3. The van der Waals surface area contributed by atoms with Gasteiger partial charge in [0.25, 0.3) is 5.91 Å². The maximum Gasteiger partial charge on any atom is 0.275 e. The zero-order valence-electron chi connectivity index (χ0n) is 16.5. The summed E-state index contributed by atoms with van der Waals surface area (Å²) in [5.41, 5.74) is 2.01. The molecule has 0 unspecified atom stereocenters. The molecule has 2 aliphatic heterocycles. The fourth-order valence-corrected chi connectivity index (χ4v) is 5.11. The zero-order chi connectivity index (χ0) is 19.6. The number of carbonyl (C=O) groups is 1. The van der Waals surface area contributed by atoms with E-state index in [1.807, 2.05) is 30.3 Å². The van der Waals surface area contributed by atoms with Crippen LogP contribution in [0.1, 0.15) is 40.2 Å². The number of pyridine rings is 1. The highest BCUT2D eigenvalue weighted by atomic mass is 32.1. The molecule has 1 atom stereocenters. The minimum Gasteiger partial charge on any atom is -0.383 e. The Morgan fingerprint density at radius 2 is 2.21 bits per heavy atom. The van der Waals surface area contributed by atoms with Gasteiger partial charge in [-0.05, 0) is 54.8 Å². The summed E-state index contributed by atoms with van der Waals surface area (Å²) in [6.45, 7) is 6.18. The number of rotatable bonds is 5. The Morgan fingerprint density at radius 3 is 2.86 bits per heavy atom. The van der Waals surface area contributed by atoms with Gasteiger partial charge in [0, 0.05) is 51.7 Å². The number of hydrogen-bond acceptors (Lipinski definition) is 7. The van der Waals surface area contributed by atoms with E-state index in [9.17, 15) is 4.79 Å². The summed E-state index contributed by atoms with van der Waals surface area (Å²) in [5, 5.41) is 4.02. The third-order valence-corrected chi connectivity index (χ3v) is 6.79. The average molecular weight is 402 g/mol. The Morgan fingerprint density at radius 1 is 1.39 bits per heavy atom. The molecular formula is C20H27N5O2S. The number of piperidine rings is 1. The van der Waals surface area contributed by atoms with Gasteiger partial charge >= 0.3 is 0 Å². The van der Waals surface area contributed by atoms with Gasteiger partial charge in [-0.1, -0.05) is 10.6 Å². The fraction of sp³-hybridized carbons (Fsp3) is 0.600. The van der Waals surface area contributed by atoms with Crippen LogP contribution in [-0.2, 0) is 11.3 Å². The summed E-state index contributed by atoms with van der Waals surface area (Å²) in [4.78, 5) is 22.4. The van der Waals surface area contributed by atoms with Gasteiger partial charge in [0.2, 0.25) is 0 Å². The maximum absolute atomic E-state index is 12.8. The first-order valence-corrected chi connectivity index (χ1v) is 10.6. The van der Waals surface area contributed by atoms with E-state index in [1.54, 1.807) is 7.11 Å². The summed E-state index contributed by atoms with van der Waals surface area (Å²) in [6.07, 6.45) is 6.94. The van der Waals surface area contributed by atoms with Crippen molar-refractivity contribution in [2.45, 2.75) is 38.8 Å². The second-order valence-electron chi connectivity index (χ2n) is 8.05. The van der Waals surface area contributed by atoms with E-state index in [2.05, 4.69) is 25.5 Å². The van der Waals surface area contributed by atoms with Gasteiger partial charge in [0.15, 0.2) is 5.69 Å². The van der Waals surface area contributed by atoms with Gasteiger partial charge in [0.05, 0.1) is 11.5 Å². The van der Waals surface area contributed by atoms with Gasteiger partial charge in [-0.3, -0.25) is 14.7 Å². The van der Waals surface area contributed by atoms with Crippen molar-refractivity contribution in [3.05, 3.63) is 40.7 Å². The molecule has 0 radical (unpaired) electrons. The fourth-order valence-electron chi connectivity index (χ4n) is 4.65. The first-order chi connectivity index (χ1) is 13.6. The van der Waals surface area contributed by atoms with Gasteiger partial charge in [0.1, 0.15) is 0 Å². The summed E-state index contributed by atoms with van der Waals surface area (Å²) in [7, 11) is 1.78. The molecule has 2 aromatic heterocycles. The number of aromatic nitrogens is 3. The van der Waals surface area contributed by atoms with E-state index in [0.717, 1.165) is 56.9 Å². The minimum atomic E-state index is 0.0276. The van der Waals surface area contributed by atoms with E-state index >= 15 is 0 Å². The second kappa shape index (κ2) is 8.23. The van der Waals surface area contributed by atoms with Crippen LogP contribution in [0, 0.1) is 12.3 Å². The molecule has 8 heteroatoms. The molecule has 4 heterocycles. The van der Waals surface area contributed by atoms with Gasteiger partial charge in [-0.25, -0.2) is 0 Å². The molecule has 7 nitrogen and oxygen atoms in total. The van der Waals surface area contributed by atoms with Crippen LogP contribution in [-0.4, -0.2) is 69.7 Å². The van der Waals surface area contributed by atoms with Crippen molar-refractivity contribution in [2.75, 3.05) is 33.4 Å². The Hall–Kier alpha value is -1.90. The Balaban J connectivity index is 1.41. The van der Waals surface area contributed by atoms with Crippen LogP contribution in [0.5, 0.6) is 0 Å². The predicted molar refractivity (Wildman–Crippen MR) is 107 cm³/mol. The van der Waals surface area contributed by atoms with E-state index in [-0.39, 0.29) is 11.3 Å². The summed E-state index contributed by atoms with van der Waals surface area (Å²) in [5.74, 6) is 0.0276. The summed E-state index contributed by atoms with van der Waals surface area (Å²) < 4.78 is 9.42. The highest BCUT2D eigenvalue weighted by Crippen LogP contribution is 2.44. The smallest absolute Gasteiger partial charge is 0.275 e. The van der Waals surface area contributed by atoms with Crippen LogP contribution in [0.3, 0.4) is 0 Å². The molecule has 0 N–H and O–H groups in total. The van der Waals surface area contributed by atoms with Crippen molar-refractivity contribution < 1.29 is 9.53 Å². The maximum atomic E-state index is 12.8. The quantitative estimate of drug-likeness (QED) is 0.766. The van der Waals surface area contributed by atoms with Crippen LogP contribution in [0.25, 0.3) is 0 Å². The first-order valence-electron chi connectivity index (χ1n) is 9.80. The molecule has 1 spiro atoms. The molecule has 1 amide bonds. The monoisotopic (exact) mass is 401 g/mol. The SMILES string of the molecule is COC[C@H]1CC2(CCN(C(=O)c3nnsc3C)CC2)CN1Cc1cccnc1. The van der Waals surface area contributed by atoms with E-state index in [1.165, 1.54) is 17.1 Å². The van der Waals surface area contributed by atoms with Crippen molar-refractivity contribution in [3.63, 3.8) is 0 Å². The molecule has 2 aromatic rings. The molecular weight excluding hydrogens is 374 g/mol. The van der Waals surface area contributed by atoms with Crippen molar-refractivity contribution >= 4 is 17.4 Å². The number of aryl methyl sites for hydroxylation is 1. The standard InChI is InChI=1S/C20H27N5O2S/c1-15-18(22-23-28-15)19(26)24-8-5-20(6-9-24)10-17(13-27-2)25(14-20)12-16-4-3-7-21-11-16/h3-4,7,11,17H,5-6,8-10,12-14H2,1-2H3/t17-/m1/s1. The molecule has 2 aliphatic rings. The average Bonchev–Trinajstić information content (AvgIpc) is 3.27. The molecule has 2 fully saturated rings. The highest BCUT2D eigenvalue weighted by molar-refractivity contribution is 7.05. The Bertz CT molecular complexity index is 804. The van der Waals surface area contributed by atoms with Crippen molar-refractivity contribution in [1.29, 1.82) is 0 Å². The Kier molecular flexibility index (Phi) is 5.70. The Labute approximate surface area is 169 Å². The van der Waals surface area contributed by atoms with E-state index < -0.39 is 0 Å². The van der Waals surface area contributed by atoms with E-state index in [4.69, 9.17) is 4.74 Å². The van der Waals surface area contributed by atoms with Crippen LogP contribution < -0.4 is 0 Å². The van der Waals surface area contributed by atoms with Crippen molar-refractivity contribution in [2.24, 2.45) is 5.41 Å². The summed E-state index contributed by atoms with van der Waals surface area (Å²) in [6, 6.07) is 4.54. The third-order valence-electron chi connectivity index (χ3n) is 6.16. The van der Waals surface area contributed by atoms with Gasteiger partial charge in [-0.15, -0.1) is 5.10 Å². The normalized spacial score (nSPS) is 22.1. The second-order valence-corrected chi connectivity index (χ2v) is 9.01. The predicted octanol–water partition coefficient (Wildman–Crippen LogP) is 2.38. The molecule has 0 aromatic carbocycles. The number of carbonyl (C=O) groups excluding carboxylic acids is 1. The molecule has 0 aliphatic carbocycles. The largest absolute Gasteiger partial charge is 0.383 e. The number of hydrogen-bond donors (Lipinski definition) is 0. The summed E-state index contributed by atoms with van der Waals surface area (Å²) >= 11 is 1.29. The molecule has 28 heavy (non-hydrogen) atoms. The first kappa shape index (κ1) is 19.4. The van der Waals surface area contributed by atoms with Crippen LogP contribution >= 0.6 is 11.5 Å². The lowest BCUT2D eigenvalue weighted by atomic mass is 9.76. The highest BCUT2D eigenvalue weighted by Gasteiger charge is 2.46. The molecule has 150 valence electrons. The lowest BCUT2D eigenvalue weighted by molar-refractivity contribution is 0.0581. The molecule has 0 saturated carbocycles. The van der Waals surface area contributed by atoms with E-state index in [0.29, 0.717) is 11.7 Å².